The Kier molecular flexibility index (Phi) is 5.88. The summed E-state index contributed by atoms with van der Waals surface area (Å²) in [5.74, 6) is 1.17. The van der Waals surface area contributed by atoms with Crippen molar-refractivity contribution in [1.82, 2.24) is 20.1 Å². The Bertz CT molecular complexity index is 815. The molecule has 5 nitrogen and oxygen atoms in total. The summed E-state index contributed by atoms with van der Waals surface area (Å²) >= 11 is 3.05. The van der Waals surface area contributed by atoms with Crippen molar-refractivity contribution in [3.05, 3.63) is 53.4 Å². The first kappa shape index (κ1) is 17.7. The molecular formula is C18H20N4OS2. The molecule has 0 aliphatic rings. The molecule has 0 aliphatic heterocycles. The molecule has 2 heterocycles. The topological polar surface area (TPSA) is 59.8 Å². The average Bonchev–Trinajstić information content (AvgIpc) is 3.29. The van der Waals surface area contributed by atoms with Crippen LogP contribution in [0.2, 0.25) is 0 Å². The predicted molar refractivity (Wildman–Crippen MR) is 103 cm³/mol. The van der Waals surface area contributed by atoms with E-state index in [1.165, 1.54) is 11.8 Å². The van der Waals surface area contributed by atoms with Crippen LogP contribution in [0, 0.1) is 0 Å². The molecule has 0 unspecified atom stereocenters. The lowest BCUT2D eigenvalue weighted by Gasteiger charge is -2.14. The summed E-state index contributed by atoms with van der Waals surface area (Å²) in [6.07, 6.45) is 0. The highest BCUT2D eigenvalue weighted by atomic mass is 32.2. The van der Waals surface area contributed by atoms with Gasteiger partial charge in [0, 0.05) is 6.54 Å². The van der Waals surface area contributed by atoms with E-state index >= 15 is 0 Å². The fourth-order valence-electron chi connectivity index (χ4n) is 2.51. The second-order valence-electron chi connectivity index (χ2n) is 5.52. The number of thiophene rings is 1. The first-order chi connectivity index (χ1) is 12.2. The molecule has 3 rings (SSSR count). The molecule has 3 aromatic rings. The van der Waals surface area contributed by atoms with Gasteiger partial charge >= 0.3 is 0 Å². The zero-order valence-electron chi connectivity index (χ0n) is 14.2. The normalized spacial score (nSPS) is 12.1. The second-order valence-corrected chi connectivity index (χ2v) is 7.41. The van der Waals surface area contributed by atoms with E-state index in [-0.39, 0.29) is 11.9 Å². The molecule has 130 valence electrons. The van der Waals surface area contributed by atoms with Crippen molar-refractivity contribution >= 4 is 29.0 Å². The number of rotatable bonds is 7. The lowest BCUT2D eigenvalue weighted by atomic mass is 10.1. The monoisotopic (exact) mass is 372 g/mol. The van der Waals surface area contributed by atoms with Crippen LogP contribution < -0.4 is 5.32 Å². The molecule has 2 aromatic heterocycles. The molecular weight excluding hydrogens is 352 g/mol. The van der Waals surface area contributed by atoms with Gasteiger partial charge < -0.3 is 9.88 Å². The van der Waals surface area contributed by atoms with Gasteiger partial charge in [-0.15, -0.1) is 21.5 Å². The lowest BCUT2D eigenvalue weighted by Crippen LogP contribution is -2.28. The number of hydrogen-bond acceptors (Lipinski definition) is 5. The van der Waals surface area contributed by atoms with Crippen LogP contribution in [0.15, 0.2) is 53.0 Å². The number of benzene rings is 1. The number of thioether (sulfide) groups is 1. The maximum absolute atomic E-state index is 12.2. The van der Waals surface area contributed by atoms with Crippen molar-refractivity contribution in [2.24, 2.45) is 0 Å². The summed E-state index contributed by atoms with van der Waals surface area (Å²) in [6, 6.07) is 14.0. The third-order valence-electron chi connectivity index (χ3n) is 3.78. The van der Waals surface area contributed by atoms with Crippen LogP contribution in [0.4, 0.5) is 0 Å². The first-order valence-corrected chi connectivity index (χ1v) is 9.99. The van der Waals surface area contributed by atoms with E-state index in [0.29, 0.717) is 5.75 Å². The maximum Gasteiger partial charge on any atom is 0.230 e. The summed E-state index contributed by atoms with van der Waals surface area (Å²) in [7, 11) is 0. The quantitative estimate of drug-likeness (QED) is 0.637. The fraction of sp³-hybridized carbons (Fsp3) is 0.278. The Hall–Kier alpha value is -2.12. The summed E-state index contributed by atoms with van der Waals surface area (Å²) in [5, 5.41) is 14.4. The van der Waals surface area contributed by atoms with Gasteiger partial charge in [0.2, 0.25) is 5.91 Å². The van der Waals surface area contributed by atoms with Gasteiger partial charge in [0.1, 0.15) is 0 Å². The molecule has 1 N–H and O–H groups in total. The van der Waals surface area contributed by atoms with Gasteiger partial charge in [-0.2, -0.15) is 0 Å². The zero-order valence-corrected chi connectivity index (χ0v) is 15.8. The van der Waals surface area contributed by atoms with Crippen molar-refractivity contribution in [1.29, 1.82) is 0 Å². The highest BCUT2D eigenvalue weighted by Gasteiger charge is 2.16. The SMILES string of the molecule is CCn1c(SCC(=O)N[C@H](C)c2ccccc2)nnc1-c1cccs1. The Labute approximate surface area is 155 Å². The first-order valence-electron chi connectivity index (χ1n) is 8.13. The van der Waals surface area contributed by atoms with Crippen molar-refractivity contribution in [3.8, 4) is 10.7 Å². The molecule has 0 aliphatic carbocycles. The van der Waals surface area contributed by atoms with E-state index in [1.54, 1.807) is 11.3 Å². The molecule has 1 amide bonds. The molecule has 0 saturated carbocycles. The molecule has 1 aromatic carbocycles. The third-order valence-corrected chi connectivity index (χ3v) is 5.62. The van der Waals surface area contributed by atoms with Gasteiger partial charge in [0.15, 0.2) is 11.0 Å². The van der Waals surface area contributed by atoms with Crippen molar-refractivity contribution in [2.45, 2.75) is 31.6 Å². The number of hydrogen-bond donors (Lipinski definition) is 1. The van der Waals surface area contributed by atoms with Gasteiger partial charge in [0.05, 0.1) is 16.7 Å². The number of carbonyl (C=O) groups is 1. The highest BCUT2D eigenvalue weighted by molar-refractivity contribution is 7.99. The van der Waals surface area contributed by atoms with Crippen LogP contribution in [0.3, 0.4) is 0 Å². The number of nitrogens with one attached hydrogen (secondary N) is 1. The van der Waals surface area contributed by atoms with E-state index in [9.17, 15) is 4.79 Å². The molecule has 25 heavy (non-hydrogen) atoms. The molecule has 1 atom stereocenters. The van der Waals surface area contributed by atoms with Gasteiger partial charge in [-0.3, -0.25) is 4.79 Å². The smallest absolute Gasteiger partial charge is 0.230 e. The number of aromatic nitrogens is 3. The molecule has 0 bridgehead atoms. The van der Waals surface area contributed by atoms with E-state index < -0.39 is 0 Å². The molecule has 7 heteroatoms. The second kappa shape index (κ2) is 8.31. The minimum absolute atomic E-state index is 0.00956. The maximum atomic E-state index is 12.2. The van der Waals surface area contributed by atoms with Crippen molar-refractivity contribution < 1.29 is 4.79 Å². The molecule has 0 fully saturated rings. The standard InChI is InChI=1S/C18H20N4OS2/c1-3-22-17(15-10-7-11-24-15)20-21-18(22)25-12-16(23)19-13(2)14-8-5-4-6-9-14/h4-11,13H,3,12H2,1-2H3,(H,19,23)/t13-/m1/s1. The van der Waals surface area contributed by atoms with Crippen LogP contribution in [0.5, 0.6) is 0 Å². The zero-order chi connectivity index (χ0) is 17.6. The minimum atomic E-state index is -0.0139. The van der Waals surface area contributed by atoms with Gasteiger partial charge in [-0.1, -0.05) is 48.2 Å². The van der Waals surface area contributed by atoms with Crippen molar-refractivity contribution in [3.63, 3.8) is 0 Å². The largest absolute Gasteiger partial charge is 0.349 e. The predicted octanol–water partition coefficient (Wildman–Crippen LogP) is 4.00. The average molecular weight is 373 g/mol. The molecule has 0 saturated heterocycles. The van der Waals surface area contributed by atoms with Gasteiger partial charge in [-0.05, 0) is 30.9 Å². The van der Waals surface area contributed by atoms with E-state index in [2.05, 4.69) is 22.4 Å². The van der Waals surface area contributed by atoms with Gasteiger partial charge in [-0.25, -0.2) is 0 Å². The van der Waals surface area contributed by atoms with Gasteiger partial charge in [0.25, 0.3) is 0 Å². The van der Waals surface area contributed by atoms with E-state index in [4.69, 9.17) is 0 Å². The Morgan fingerprint density at radius 3 is 2.72 bits per heavy atom. The number of carbonyl (C=O) groups excluding carboxylic acids is 1. The summed E-state index contributed by atoms with van der Waals surface area (Å²) < 4.78 is 2.05. The number of amides is 1. The summed E-state index contributed by atoms with van der Waals surface area (Å²) in [6.45, 7) is 4.81. The lowest BCUT2D eigenvalue weighted by molar-refractivity contribution is -0.119. The van der Waals surface area contributed by atoms with Crippen LogP contribution in [0.25, 0.3) is 10.7 Å². The molecule has 0 spiro atoms. The molecule has 0 radical (unpaired) electrons. The van der Waals surface area contributed by atoms with Crippen LogP contribution in [-0.4, -0.2) is 26.4 Å². The van der Waals surface area contributed by atoms with Crippen LogP contribution in [0.1, 0.15) is 25.5 Å². The van der Waals surface area contributed by atoms with Crippen LogP contribution >= 0.6 is 23.1 Å². The third kappa shape index (κ3) is 4.29. The van der Waals surface area contributed by atoms with E-state index in [0.717, 1.165) is 28.0 Å². The Balaban J connectivity index is 1.61. The van der Waals surface area contributed by atoms with Crippen molar-refractivity contribution in [2.75, 3.05) is 5.75 Å². The highest BCUT2D eigenvalue weighted by Crippen LogP contribution is 2.27. The summed E-state index contributed by atoms with van der Waals surface area (Å²) in [4.78, 5) is 13.3. The fourth-order valence-corrected chi connectivity index (χ4v) is 4.04. The summed E-state index contributed by atoms with van der Waals surface area (Å²) in [5.41, 5.74) is 1.09. The van der Waals surface area contributed by atoms with Crippen LogP contribution in [-0.2, 0) is 11.3 Å². The van der Waals surface area contributed by atoms with E-state index in [1.807, 2.05) is 59.3 Å². The minimum Gasteiger partial charge on any atom is -0.349 e. The number of nitrogens with zero attached hydrogens (tertiary/aromatic N) is 3. The Morgan fingerprint density at radius 1 is 1.24 bits per heavy atom. The Morgan fingerprint density at radius 2 is 2.04 bits per heavy atom.